The fourth-order valence-corrected chi connectivity index (χ4v) is 4.85. The molecule has 8 heteroatoms. The lowest BCUT2D eigenvalue weighted by molar-refractivity contribution is -0.127. The molecule has 29 heavy (non-hydrogen) atoms. The maximum absolute atomic E-state index is 11.7. The largest absolute Gasteiger partial charge is 0.379 e. The molecule has 2 aliphatic rings. The SMILES string of the molecule is CCNC(=NCC(c1ccc(C)s1)N1CCOCC1)NCCCN1CCCC1=O. The van der Waals surface area contributed by atoms with E-state index in [1.165, 1.54) is 9.75 Å². The van der Waals surface area contributed by atoms with Gasteiger partial charge in [-0.25, -0.2) is 0 Å². The zero-order valence-corrected chi connectivity index (χ0v) is 18.6. The zero-order chi connectivity index (χ0) is 20.5. The fraction of sp³-hybridized carbons (Fsp3) is 0.714. The van der Waals surface area contributed by atoms with E-state index < -0.39 is 0 Å². The van der Waals surface area contributed by atoms with Crippen molar-refractivity contribution in [3.8, 4) is 0 Å². The van der Waals surface area contributed by atoms with Crippen molar-refractivity contribution in [2.24, 2.45) is 4.99 Å². The van der Waals surface area contributed by atoms with Crippen molar-refractivity contribution in [2.45, 2.75) is 39.2 Å². The summed E-state index contributed by atoms with van der Waals surface area (Å²) in [6, 6.07) is 4.72. The molecule has 2 saturated heterocycles. The molecule has 1 atom stereocenters. The van der Waals surface area contributed by atoms with Gasteiger partial charge in [0.15, 0.2) is 5.96 Å². The molecule has 0 saturated carbocycles. The monoisotopic (exact) mass is 421 g/mol. The summed E-state index contributed by atoms with van der Waals surface area (Å²) in [6.07, 6.45) is 2.65. The molecule has 2 aliphatic heterocycles. The number of ether oxygens (including phenoxy) is 1. The van der Waals surface area contributed by atoms with E-state index >= 15 is 0 Å². The van der Waals surface area contributed by atoms with E-state index in [4.69, 9.17) is 9.73 Å². The molecule has 0 aromatic carbocycles. The van der Waals surface area contributed by atoms with Crippen molar-refractivity contribution in [1.29, 1.82) is 0 Å². The molecule has 3 rings (SSSR count). The summed E-state index contributed by atoms with van der Waals surface area (Å²) in [5, 5.41) is 6.79. The molecule has 0 bridgehead atoms. The molecule has 1 amide bonds. The van der Waals surface area contributed by atoms with Crippen LogP contribution < -0.4 is 10.6 Å². The first kappa shape index (κ1) is 22.1. The van der Waals surface area contributed by atoms with Crippen LogP contribution in [0.25, 0.3) is 0 Å². The third-order valence-corrected chi connectivity index (χ3v) is 6.51. The highest BCUT2D eigenvalue weighted by Gasteiger charge is 2.24. The number of nitrogens with zero attached hydrogens (tertiary/aromatic N) is 3. The van der Waals surface area contributed by atoms with E-state index in [0.29, 0.717) is 12.3 Å². The lowest BCUT2D eigenvalue weighted by atomic mass is 10.2. The first-order chi connectivity index (χ1) is 14.2. The molecule has 1 unspecified atom stereocenters. The van der Waals surface area contributed by atoms with Gasteiger partial charge in [0, 0.05) is 55.4 Å². The van der Waals surface area contributed by atoms with Gasteiger partial charge in [-0.15, -0.1) is 11.3 Å². The number of nitrogens with one attached hydrogen (secondary N) is 2. The van der Waals surface area contributed by atoms with Gasteiger partial charge in [0.05, 0.1) is 25.8 Å². The molecule has 0 aliphatic carbocycles. The minimum atomic E-state index is 0.287. The Morgan fingerprint density at radius 1 is 1.28 bits per heavy atom. The molecule has 0 spiro atoms. The van der Waals surface area contributed by atoms with Gasteiger partial charge in [0.25, 0.3) is 0 Å². The van der Waals surface area contributed by atoms with Crippen molar-refractivity contribution in [1.82, 2.24) is 20.4 Å². The molecule has 0 radical (unpaired) electrons. The van der Waals surface area contributed by atoms with Gasteiger partial charge in [-0.1, -0.05) is 0 Å². The standard InChI is InChI=1S/C21H35N5O2S/c1-3-22-21(23-9-5-11-26-10-4-6-20(26)27)24-16-18(19-8-7-17(2)29-19)25-12-14-28-15-13-25/h7-8,18H,3-6,9-16H2,1-2H3,(H2,22,23,24). The van der Waals surface area contributed by atoms with E-state index in [1.807, 2.05) is 16.2 Å². The number of rotatable bonds is 9. The number of guanidine groups is 1. The van der Waals surface area contributed by atoms with E-state index in [-0.39, 0.29) is 6.04 Å². The quantitative estimate of drug-likeness (QED) is 0.363. The summed E-state index contributed by atoms with van der Waals surface area (Å²) >= 11 is 1.86. The summed E-state index contributed by atoms with van der Waals surface area (Å²) in [6.45, 7) is 11.8. The number of thiophene rings is 1. The summed E-state index contributed by atoms with van der Waals surface area (Å²) < 4.78 is 5.54. The molecular weight excluding hydrogens is 386 g/mol. The first-order valence-electron chi connectivity index (χ1n) is 10.9. The highest BCUT2D eigenvalue weighted by atomic mass is 32.1. The maximum Gasteiger partial charge on any atom is 0.222 e. The highest BCUT2D eigenvalue weighted by molar-refractivity contribution is 7.12. The van der Waals surface area contributed by atoms with Crippen molar-refractivity contribution in [3.63, 3.8) is 0 Å². The second-order valence-corrected chi connectivity index (χ2v) is 8.92. The number of hydrogen-bond donors (Lipinski definition) is 2. The van der Waals surface area contributed by atoms with Gasteiger partial charge in [-0.3, -0.25) is 14.7 Å². The van der Waals surface area contributed by atoms with Gasteiger partial charge >= 0.3 is 0 Å². The van der Waals surface area contributed by atoms with Crippen LogP contribution in [0.5, 0.6) is 0 Å². The predicted molar refractivity (Wildman–Crippen MR) is 119 cm³/mol. The molecule has 7 nitrogen and oxygen atoms in total. The Labute approximate surface area is 178 Å². The van der Waals surface area contributed by atoms with Crippen LogP contribution in [-0.2, 0) is 9.53 Å². The van der Waals surface area contributed by atoms with Crippen LogP contribution in [0.4, 0.5) is 0 Å². The van der Waals surface area contributed by atoms with Crippen LogP contribution in [0.15, 0.2) is 17.1 Å². The van der Waals surface area contributed by atoms with Crippen LogP contribution >= 0.6 is 11.3 Å². The Hall–Kier alpha value is -1.64. The highest BCUT2D eigenvalue weighted by Crippen LogP contribution is 2.28. The van der Waals surface area contributed by atoms with Crippen LogP contribution in [0.3, 0.4) is 0 Å². The Bertz CT molecular complexity index is 672. The third kappa shape index (κ3) is 6.69. The zero-order valence-electron chi connectivity index (χ0n) is 17.8. The van der Waals surface area contributed by atoms with Crippen LogP contribution in [0.2, 0.25) is 0 Å². The summed E-state index contributed by atoms with van der Waals surface area (Å²) in [5.74, 6) is 1.15. The Morgan fingerprint density at radius 3 is 2.76 bits per heavy atom. The minimum absolute atomic E-state index is 0.287. The molecule has 162 valence electrons. The number of carbonyl (C=O) groups is 1. The number of amides is 1. The first-order valence-corrected chi connectivity index (χ1v) is 11.7. The molecule has 2 N–H and O–H groups in total. The van der Waals surface area contributed by atoms with E-state index in [1.54, 1.807) is 0 Å². The average molecular weight is 422 g/mol. The molecule has 2 fully saturated rings. The lowest BCUT2D eigenvalue weighted by Crippen LogP contribution is -2.42. The Kier molecular flexibility index (Phi) is 8.76. The van der Waals surface area contributed by atoms with Crippen molar-refractivity contribution in [2.75, 3.05) is 59.0 Å². The van der Waals surface area contributed by atoms with Crippen LogP contribution in [-0.4, -0.2) is 80.7 Å². The average Bonchev–Trinajstić information content (AvgIpc) is 3.34. The predicted octanol–water partition coefficient (Wildman–Crippen LogP) is 2.00. The molecular formula is C21H35N5O2S. The lowest BCUT2D eigenvalue weighted by Gasteiger charge is -2.33. The Morgan fingerprint density at radius 2 is 2.10 bits per heavy atom. The van der Waals surface area contributed by atoms with Gasteiger partial charge in [0.2, 0.25) is 5.91 Å². The van der Waals surface area contributed by atoms with Crippen LogP contribution in [0, 0.1) is 6.92 Å². The molecule has 3 heterocycles. The normalized spacial score (nSPS) is 19.6. The van der Waals surface area contributed by atoms with Gasteiger partial charge < -0.3 is 20.3 Å². The number of morpholine rings is 1. The summed E-state index contributed by atoms with van der Waals surface area (Å²) in [4.78, 5) is 23.8. The van der Waals surface area contributed by atoms with Crippen molar-refractivity contribution >= 4 is 23.2 Å². The smallest absolute Gasteiger partial charge is 0.222 e. The third-order valence-electron chi connectivity index (χ3n) is 5.41. The van der Waals surface area contributed by atoms with E-state index in [9.17, 15) is 4.79 Å². The number of aliphatic imine (C=N–C) groups is 1. The topological polar surface area (TPSA) is 69.2 Å². The summed E-state index contributed by atoms with van der Waals surface area (Å²) in [7, 11) is 0. The van der Waals surface area contributed by atoms with E-state index in [2.05, 4.69) is 41.5 Å². The molecule has 1 aromatic rings. The van der Waals surface area contributed by atoms with Gasteiger partial charge in [-0.2, -0.15) is 0 Å². The Balaban J connectivity index is 1.55. The van der Waals surface area contributed by atoms with Gasteiger partial charge in [0.1, 0.15) is 0 Å². The second kappa shape index (κ2) is 11.5. The maximum atomic E-state index is 11.7. The van der Waals surface area contributed by atoms with Gasteiger partial charge in [-0.05, 0) is 38.8 Å². The number of carbonyl (C=O) groups excluding carboxylic acids is 1. The number of hydrogen-bond acceptors (Lipinski definition) is 5. The number of aryl methyl sites for hydroxylation is 1. The number of likely N-dealkylation sites (tertiary alicyclic amines) is 1. The fourth-order valence-electron chi connectivity index (χ4n) is 3.84. The van der Waals surface area contributed by atoms with Crippen molar-refractivity contribution in [3.05, 3.63) is 21.9 Å². The van der Waals surface area contributed by atoms with Crippen LogP contribution in [0.1, 0.15) is 42.0 Å². The minimum Gasteiger partial charge on any atom is -0.379 e. The van der Waals surface area contributed by atoms with Crippen molar-refractivity contribution < 1.29 is 9.53 Å². The molecule has 1 aromatic heterocycles. The second-order valence-electron chi connectivity index (χ2n) is 7.60. The van der Waals surface area contributed by atoms with E-state index in [0.717, 1.165) is 77.8 Å². The summed E-state index contributed by atoms with van der Waals surface area (Å²) in [5.41, 5.74) is 0.